The summed E-state index contributed by atoms with van der Waals surface area (Å²) in [6.07, 6.45) is 0.799. The minimum atomic E-state index is -0.295. The first-order valence-electron chi connectivity index (χ1n) is 7.03. The Morgan fingerprint density at radius 1 is 1.29 bits per heavy atom. The van der Waals surface area contributed by atoms with E-state index < -0.39 is 0 Å². The second kappa shape index (κ2) is 6.52. The molecular weight excluding hydrogens is 269 g/mol. The Labute approximate surface area is 124 Å². The van der Waals surface area contributed by atoms with Crippen LogP contribution in [0.3, 0.4) is 0 Å². The van der Waals surface area contributed by atoms with E-state index in [1.165, 1.54) is 12.1 Å². The Balaban J connectivity index is 1.81. The molecule has 2 aromatic rings. The van der Waals surface area contributed by atoms with Crippen LogP contribution >= 0.6 is 0 Å². The molecule has 0 spiro atoms. The van der Waals surface area contributed by atoms with Crippen LogP contribution in [0.2, 0.25) is 0 Å². The number of aromatic nitrogens is 2. The summed E-state index contributed by atoms with van der Waals surface area (Å²) in [5.74, 6) is -0.470. The van der Waals surface area contributed by atoms with Gasteiger partial charge in [-0.05, 0) is 57.0 Å². The van der Waals surface area contributed by atoms with Crippen molar-refractivity contribution in [3.05, 3.63) is 52.6 Å². The summed E-state index contributed by atoms with van der Waals surface area (Å²) in [5, 5.41) is 7.21. The van der Waals surface area contributed by atoms with Crippen molar-refractivity contribution in [1.29, 1.82) is 0 Å². The highest BCUT2D eigenvalue weighted by atomic mass is 19.1. The fraction of sp³-hybridized carbons (Fsp3) is 0.375. The van der Waals surface area contributed by atoms with Crippen LogP contribution in [0.5, 0.6) is 0 Å². The van der Waals surface area contributed by atoms with E-state index in [-0.39, 0.29) is 11.7 Å². The Morgan fingerprint density at radius 3 is 2.67 bits per heavy atom. The molecule has 0 aliphatic carbocycles. The van der Waals surface area contributed by atoms with E-state index in [0.29, 0.717) is 17.7 Å². The summed E-state index contributed by atoms with van der Waals surface area (Å²) in [6, 6.07) is 6.41. The van der Waals surface area contributed by atoms with E-state index in [1.807, 2.05) is 24.6 Å². The normalized spacial score (nSPS) is 10.7. The van der Waals surface area contributed by atoms with Gasteiger partial charge in [0.25, 0.3) is 5.91 Å². The smallest absolute Gasteiger partial charge is 0.251 e. The number of amides is 1. The lowest BCUT2D eigenvalue weighted by molar-refractivity contribution is 0.0952. The maximum absolute atomic E-state index is 13.2. The molecule has 0 saturated heterocycles. The zero-order valence-corrected chi connectivity index (χ0v) is 12.6. The van der Waals surface area contributed by atoms with E-state index >= 15 is 0 Å². The zero-order valence-electron chi connectivity index (χ0n) is 12.6. The van der Waals surface area contributed by atoms with Crippen LogP contribution in [0.15, 0.2) is 24.3 Å². The second-order valence-electron chi connectivity index (χ2n) is 5.22. The van der Waals surface area contributed by atoms with E-state index in [9.17, 15) is 9.18 Å². The summed E-state index contributed by atoms with van der Waals surface area (Å²) < 4.78 is 15.1. The summed E-state index contributed by atoms with van der Waals surface area (Å²) in [7, 11) is 0. The van der Waals surface area contributed by atoms with Gasteiger partial charge in [0.15, 0.2) is 0 Å². The predicted molar refractivity (Wildman–Crippen MR) is 79.8 cm³/mol. The predicted octanol–water partition coefficient (Wildman–Crippen LogP) is 2.77. The third-order valence-electron chi connectivity index (χ3n) is 3.36. The molecule has 0 atom stereocenters. The molecule has 1 N–H and O–H groups in total. The number of rotatable bonds is 5. The monoisotopic (exact) mass is 289 g/mol. The molecule has 1 amide bonds. The van der Waals surface area contributed by atoms with Crippen LogP contribution in [0.25, 0.3) is 0 Å². The molecule has 5 heteroatoms. The van der Waals surface area contributed by atoms with Gasteiger partial charge in [0.05, 0.1) is 5.69 Å². The van der Waals surface area contributed by atoms with Crippen LogP contribution in [0, 0.1) is 26.6 Å². The average molecular weight is 289 g/mol. The summed E-state index contributed by atoms with van der Waals surface area (Å²) in [4.78, 5) is 11.9. The maximum atomic E-state index is 13.2. The standard InChI is InChI=1S/C16H20FN3O/c1-11-9-14(5-6-15(11)17)16(21)18-7-4-8-20-13(3)10-12(2)19-20/h5-6,9-10H,4,7-8H2,1-3H3,(H,18,21). The molecule has 112 valence electrons. The lowest BCUT2D eigenvalue weighted by atomic mass is 10.1. The van der Waals surface area contributed by atoms with E-state index in [1.54, 1.807) is 13.0 Å². The van der Waals surface area contributed by atoms with Crippen LogP contribution in [-0.4, -0.2) is 22.2 Å². The Kier molecular flexibility index (Phi) is 4.73. The van der Waals surface area contributed by atoms with Crippen molar-refractivity contribution < 1.29 is 9.18 Å². The van der Waals surface area contributed by atoms with Crippen LogP contribution in [-0.2, 0) is 6.54 Å². The number of nitrogens with zero attached hydrogens (tertiary/aromatic N) is 2. The SMILES string of the molecule is Cc1cc(C)n(CCCNC(=O)c2ccc(F)c(C)c2)n1. The number of hydrogen-bond donors (Lipinski definition) is 1. The summed E-state index contributed by atoms with van der Waals surface area (Å²) in [6.45, 7) is 6.95. The third kappa shape index (κ3) is 3.90. The van der Waals surface area contributed by atoms with Gasteiger partial charge in [-0.3, -0.25) is 9.48 Å². The van der Waals surface area contributed by atoms with Crippen molar-refractivity contribution in [2.24, 2.45) is 0 Å². The van der Waals surface area contributed by atoms with Gasteiger partial charge < -0.3 is 5.32 Å². The largest absolute Gasteiger partial charge is 0.352 e. The number of carbonyl (C=O) groups excluding carboxylic acids is 1. The van der Waals surface area contributed by atoms with Crippen LogP contribution < -0.4 is 5.32 Å². The third-order valence-corrected chi connectivity index (χ3v) is 3.36. The molecule has 2 rings (SSSR count). The zero-order chi connectivity index (χ0) is 15.4. The number of carbonyl (C=O) groups is 1. The first-order chi connectivity index (χ1) is 9.97. The van der Waals surface area contributed by atoms with Gasteiger partial charge in [-0.15, -0.1) is 0 Å². The van der Waals surface area contributed by atoms with Crippen molar-refractivity contribution in [2.75, 3.05) is 6.54 Å². The highest BCUT2D eigenvalue weighted by molar-refractivity contribution is 5.94. The minimum Gasteiger partial charge on any atom is -0.352 e. The van der Waals surface area contributed by atoms with Crippen molar-refractivity contribution in [1.82, 2.24) is 15.1 Å². The fourth-order valence-electron chi connectivity index (χ4n) is 2.22. The fourth-order valence-corrected chi connectivity index (χ4v) is 2.22. The quantitative estimate of drug-likeness (QED) is 0.860. The Morgan fingerprint density at radius 2 is 2.05 bits per heavy atom. The molecule has 21 heavy (non-hydrogen) atoms. The molecule has 0 radical (unpaired) electrons. The number of nitrogens with one attached hydrogen (secondary N) is 1. The molecule has 1 aromatic carbocycles. The van der Waals surface area contributed by atoms with Gasteiger partial charge in [-0.25, -0.2) is 4.39 Å². The number of halogens is 1. The highest BCUT2D eigenvalue weighted by Gasteiger charge is 2.07. The maximum Gasteiger partial charge on any atom is 0.251 e. The number of aryl methyl sites for hydroxylation is 4. The molecule has 0 fully saturated rings. The Bertz CT molecular complexity index is 649. The second-order valence-corrected chi connectivity index (χ2v) is 5.22. The van der Waals surface area contributed by atoms with E-state index in [0.717, 1.165) is 24.4 Å². The van der Waals surface area contributed by atoms with E-state index in [2.05, 4.69) is 10.4 Å². The topological polar surface area (TPSA) is 46.9 Å². The molecule has 1 heterocycles. The summed E-state index contributed by atoms with van der Waals surface area (Å²) >= 11 is 0. The molecule has 0 aliphatic rings. The van der Waals surface area contributed by atoms with Gasteiger partial charge in [-0.2, -0.15) is 5.10 Å². The first kappa shape index (κ1) is 15.2. The van der Waals surface area contributed by atoms with Gasteiger partial charge in [0.2, 0.25) is 0 Å². The number of hydrogen-bond acceptors (Lipinski definition) is 2. The highest BCUT2D eigenvalue weighted by Crippen LogP contribution is 2.09. The molecule has 1 aromatic heterocycles. The van der Waals surface area contributed by atoms with Crippen molar-refractivity contribution in [2.45, 2.75) is 33.7 Å². The van der Waals surface area contributed by atoms with Crippen molar-refractivity contribution in [3.63, 3.8) is 0 Å². The lowest BCUT2D eigenvalue weighted by Gasteiger charge is -2.07. The molecule has 0 saturated carbocycles. The molecule has 0 aliphatic heterocycles. The van der Waals surface area contributed by atoms with Crippen LogP contribution in [0.1, 0.15) is 33.7 Å². The molecule has 0 bridgehead atoms. The Hall–Kier alpha value is -2.17. The van der Waals surface area contributed by atoms with Crippen molar-refractivity contribution >= 4 is 5.91 Å². The van der Waals surface area contributed by atoms with Crippen molar-refractivity contribution in [3.8, 4) is 0 Å². The minimum absolute atomic E-state index is 0.175. The average Bonchev–Trinajstić information content (AvgIpc) is 2.76. The lowest BCUT2D eigenvalue weighted by Crippen LogP contribution is -2.25. The van der Waals surface area contributed by atoms with Crippen LogP contribution in [0.4, 0.5) is 4.39 Å². The van der Waals surface area contributed by atoms with Gasteiger partial charge in [0, 0.05) is 24.3 Å². The van der Waals surface area contributed by atoms with E-state index in [4.69, 9.17) is 0 Å². The first-order valence-corrected chi connectivity index (χ1v) is 7.03. The molecular formula is C16H20FN3O. The molecule has 0 unspecified atom stereocenters. The number of benzene rings is 1. The summed E-state index contributed by atoms with van der Waals surface area (Å²) in [5.41, 5.74) is 3.08. The van der Waals surface area contributed by atoms with Gasteiger partial charge in [0.1, 0.15) is 5.82 Å². The van der Waals surface area contributed by atoms with Gasteiger partial charge in [-0.1, -0.05) is 0 Å². The molecule has 4 nitrogen and oxygen atoms in total. The van der Waals surface area contributed by atoms with Gasteiger partial charge >= 0.3 is 0 Å².